The van der Waals surface area contributed by atoms with Gasteiger partial charge in [-0.1, -0.05) is 0 Å². The summed E-state index contributed by atoms with van der Waals surface area (Å²) < 4.78 is 0. The molecule has 0 radical (unpaired) electrons. The van der Waals surface area contributed by atoms with Gasteiger partial charge in [0.25, 0.3) is 0 Å². The van der Waals surface area contributed by atoms with Gasteiger partial charge >= 0.3 is 0 Å². The maximum Gasteiger partial charge on any atom is 0.224 e. The summed E-state index contributed by atoms with van der Waals surface area (Å²) in [4.78, 5) is 43.0. The maximum atomic E-state index is 12.4. The van der Waals surface area contributed by atoms with Gasteiger partial charge in [-0.15, -0.1) is 0 Å². The van der Waals surface area contributed by atoms with Crippen molar-refractivity contribution in [2.45, 2.75) is 26.7 Å². The van der Waals surface area contributed by atoms with E-state index in [0.717, 1.165) is 12.0 Å². The Morgan fingerprint density at radius 3 is 2.11 bits per heavy atom. The number of likely N-dealkylation sites (N-methyl/N-ethyl adjacent to an activating group) is 1. The summed E-state index contributed by atoms with van der Waals surface area (Å²) in [5.41, 5.74) is 2.40. The van der Waals surface area contributed by atoms with Crippen LogP contribution in [-0.2, 0) is 16.0 Å². The molecule has 0 fully saturated rings. The van der Waals surface area contributed by atoms with Crippen LogP contribution in [0, 0.1) is 0 Å². The molecule has 1 heterocycles. The third-order valence-electron chi connectivity index (χ3n) is 4.43. The first-order chi connectivity index (χ1) is 12.9. The van der Waals surface area contributed by atoms with E-state index in [9.17, 15) is 14.4 Å². The standard InChI is InChI=1S/C21H25N3O3/c1-16(25)19-4-6-20(7-5-19)24(17(2)26)15-11-21(27)23(3)14-10-18-8-12-22-13-9-18/h4-9,12-13H,10-11,14-15H2,1-3H3. The lowest BCUT2D eigenvalue weighted by atomic mass is 10.1. The summed E-state index contributed by atoms with van der Waals surface area (Å²) in [6.07, 6.45) is 4.47. The molecule has 6 heteroatoms. The molecule has 0 atom stereocenters. The summed E-state index contributed by atoms with van der Waals surface area (Å²) >= 11 is 0. The van der Waals surface area contributed by atoms with Gasteiger partial charge in [-0.2, -0.15) is 0 Å². The van der Waals surface area contributed by atoms with E-state index < -0.39 is 0 Å². The minimum absolute atomic E-state index is 0.0179. The monoisotopic (exact) mass is 367 g/mol. The number of nitrogens with zero attached hydrogens (tertiary/aromatic N) is 3. The molecule has 0 unspecified atom stereocenters. The smallest absolute Gasteiger partial charge is 0.224 e. The van der Waals surface area contributed by atoms with Gasteiger partial charge in [-0.3, -0.25) is 19.4 Å². The number of pyridine rings is 1. The molecular weight excluding hydrogens is 342 g/mol. The molecule has 6 nitrogen and oxygen atoms in total. The number of rotatable bonds is 8. The first-order valence-electron chi connectivity index (χ1n) is 8.90. The molecule has 2 amide bonds. The molecule has 0 aliphatic carbocycles. The number of benzene rings is 1. The first kappa shape index (κ1) is 20.3. The van der Waals surface area contributed by atoms with Gasteiger partial charge in [0.2, 0.25) is 11.8 Å². The van der Waals surface area contributed by atoms with E-state index >= 15 is 0 Å². The Morgan fingerprint density at radius 2 is 1.56 bits per heavy atom. The summed E-state index contributed by atoms with van der Waals surface area (Å²) in [5, 5.41) is 0. The van der Waals surface area contributed by atoms with Crippen molar-refractivity contribution in [2.75, 3.05) is 25.0 Å². The normalized spacial score (nSPS) is 10.3. The lowest BCUT2D eigenvalue weighted by molar-refractivity contribution is -0.129. The molecule has 27 heavy (non-hydrogen) atoms. The molecule has 0 aliphatic rings. The summed E-state index contributed by atoms with van der Waals surface area (Å²) in [5.74, 6) is -0.185. The zero-order chi connectivity index (χ0) is 19.8. The topological polar surface area (TPSA) is 70.6 Å². The Labute approximate surface area is 159 Å². The van der Waals surface area contributed by atoms with E-state index in [2.05, 4.69) is 4.98 Å². The second-order valence-electron chi connectivity index (χ2n) is 6.44. The molecule has 0 saturated heterocycles. The number of Topliss-reactive ketones (excluding diaryl/α,β-unsaturated/α-hetero) is 1. The Morgan fingerprint density at radius 1 is 0.926 bits per heavy atom. The molecule has 0 N–H and O–H groups in total. The Hall–Kier alpha value is -3.02. The van der Waals surface area contributed by atoms with Gasteiger partial charge in [-0.05, 0) is 55.3 Å². The Kier molecular flexibility index (Phi) is 7.23. The molecule has 142 valence electrons. The van der Waals surface area contributed by atoms with Crippen LogP contribution in [0.3, 0.4) is 0 Å². The molecule has 0 bridgehead atoms. The first-order valence-corrected chi connectivity index (χ1v) is 8.90. The fraction of sp³-hybridized carbons (Fsp3) is 0.333. The minimum Gasteiger partial charge on any atom is -0.345 e. The van der Waals surface area contributed by atoms with Crippen molar-refractivity contribution in [2.24, 2.45) is 0 Å². The highest BCUT2D eigenvalue weighted by Crippen LogP contribution is 2.17. The maximum absolute atomic E-state index is 12.4. The molecular formula is C21H25N3O3. The van der Waals surface area contributed by atoms with E-state index in [-0.39, 0.29) is 24.0 Å². The molecule has 2 rings (SSSR count). The van der Waals surface area contributed by atoms with Crippen LogP contribution in [0.15, 0.2) is 48.8 Å². The number of hydrogen-bond acceptors (Lipinski definition) is 4. The van der Waals surface area contributed by atoms with Crippen LogP contribution in [-0.4, -0.2) is 47.6 Å². The number of ketones is 1. The average Bonchev–Trinajstić information content (AvgIpc) is 2.67. The molecule has 1 aromatic heterocycles. The van der Waals surface area contributed by atoms with Crippen LogP contribution in [0.1, 0.15) is 36.2 Å². The highest BCUT2D eigenvalue weighted by Gasteiger charge is 2.16. The molecule has 0 aliphatic heterocycles. The molecule has 2 aromatic rings. The number of carbonyl (C=O) groups excluding carboxylic acids is 3. The quantitative estimate of drug-likeness (QED) is 0.673. The van der Waals surface area contributed by atoms with Crippen LogP contribution < -0.4 is 4.90 Å². The SMILES string of the molecule is CC(=O)c1ccc(N(CCC(=O)N(C)CCc2ccncc2)C(C)=O)cc1. The predicted molar refractivity (Wildman–Crippen MR) is 105 cm³/mol. The minimum atomic E-state index is -0.141. The Bertz CT molecular complexity index is 788. The van der Waals surface area contributed by atoms with Gasteiger partial charge in [0.15, 0.2) is 5.78 Å². The highest BCUT2D eigenvalue weighted by atomic mass is 16.2. The lowest BCUT2D eigenvalue weighted by Gasteiger charge is -2.23. The summed E-state index contributed by atoms with van der Waals surface area (Å²) in [6.45, 7) is 3.87. The summed E-state index contributed by atoms with van der Waals surface area (Å²) in [7, 11) is 1.77. The largest absolute Gasteiger partial charge is 0.345 e. The Balaban J connectivity index is 1.91. The zero-order valence-electron chi connectivity index (χ0n) is 16.0. The van der Waals surface area contributed by atoms with Crippen molar-refractivity contribution < 1.29 is 14.4 Å². The number of anilines is 1. The van der Waals surface area contributed by atoms with Crippen LogP contribution in [0.4, 0.5) is 5.69 Å². The van der Waals surface area contributed by atoms with E-state index in [0.29, 0.717) is 24.3 Å². The van der Waals surface area contributed by atoms with Gasteiger partial charge in [0.05, 0.1) is 0 Å². The van der Waals surface area contributed by atoms with Crippen LogP contribution in [0.25, 0.3) is 0 Å². The van der Waals surface area contributed by atoms with Crippen molar-refractivity contribution in [1.29, 1.82) is 0 Å². The fourth-order valence-electron chi connectivity index (χ4n) is 2.71. The van der Waals surface area contributed by atoms with E-state index in [1.54, 1.807) is 53.5 Å². The van der Waals surface area contributed by atoms with Crippen molar-refractivity contribution in [3.8, 4) is 0 Å². The van der Waals surface area contributed by atoms with Crippen molar-refractivity contribution in [3.05, 3.63) is 59.9 Å². The second-order valence-corrected chi connectivity index (χ2v) is 6.44. The third kappa shape index (κ3) is 6.02. The van der Waals surface area contributed by atoms with Crippen LogP contribution in [0.2, 0.25) is 0 Å². The van der Waals surface area contributed by atoms with Gasteiger partial charge < -0.3 is 9.80 Å². The van der Waals surface area contributed by atoms with Gasteiger partial charge in [0, 0.05) is 57.1 Å². The van der Waals surface area contributed by atoms with Gasteiger partial charge in [-0.25, -0.2) is 0 Å². The zero-order valence-corrected chi connectivity index (χ0v) is 16.0. The number of aromatic nitrogens is 1. The molecule has 1 aromatic carbocycles. The van der Waals surface area contributed by atoms with E-state index in [1.165, 1.54) is 13.8 Å². The van der Waals surface area contributed by atoms with Gasteiger partial charge in [0.1, 0.15) is 0 Å². The third-order valence-corrected chi connectivity index (χ3v) is 4.43. The lowest BCUT2D eigenvalue weighted by Crippen LogP contribution is -2.35. The fourth-order valence-corrected chi connectivity index (χ4v) is 2.71. The predicted octanol–water partition coefficient (Wildman–Crippen LogP) is 2.73. The van der Waals surface area contributed by atoms with Crippen molar-refractivity contribution >= 4 is 23.3 Å². The van der Waals surface area contributed by atoms with Crippen molar-refractivity contribution in [3.63, 3.8) is 0 Å². The molecule has 0 spiro atoms. The second kappa shape index (κ2) is 9.62. The summed E-state index contributed by atoms with van der Waals surface area (Å²) in [6, 6.07) is 10.7. The number of hydrogen-bond donors (Lipinski definition) is 0. The molecule has 0 saturated carbocycles. The number of amides is 2. The van der Waals surface area contributed by atoms with Crippen LogP contribution >= 0.6 is 0 Å². The van der Waals surface area contributed by atoms with Crippen molar-refractivity contribution in [1.82, 2.24) is 9.88 Å². The average molecular weight is 367 g/mol. The highest BCUT2D eigenvalue weighted by molar-refractivity contribution is 5.96. The van der Waals surface area contributed by atoms with E-state index in [4.69, 9.17) is 0 Å². The van der Waals surface area contributed by atoms with E-state index in [1.807, 2.05) is 12.1 Å². The van der Waals surface area contributed by atoms with Crippen LogP contribution in [0.5, 0.6) is 0 Å². The number of carbonyl (C=O) groups is 3.